The molecule has 0 radical (unpaired) electrons. The van der Waals surface area contributed by atoms with Crippen molar-refractivity contribution >= 4 is 48.4 Å². The van der Waals surface area contributed by atoms with Crippen molar-refractivity contribution in [2.45, 2.75) is 42.7 Å². The molecule has 3 N–H and O–H groups in total. The molecule has 2 aromatic carbocycles. The number of nitrogens with zero attached hydrogens (tertiary/aromatic N) is 5. The second kappa shape index (κ2) is 11.3. The Kier molecular flexibility index (Phi) is 7.75. The topological polar surface area (TPSA) is 109 Å². The van der Waals surface area contributed by atoms with Crippen LogP contribution in [0.4, 0.5) is 15.9 Å². The molecule has 216 valence electrons. The van der Waals surface area contributed by atoms with Gasteiger partial charge in [-0.15, -0.1) is 0 Å². The molecule has 2 fully saturated rings. The molecule has 3 heterocycles. The maximum atomic E-state index is 15.4. The summed E-state index contributed by atoms with van der Waals surface area (Å²) < 4.78 is 46.0. The fraction of sp³-hybridized carbons (Fsp3) is 0.379. The molecule has 2 aromatic heterocycles. The average molecular weight is 643 g/mol. The third kappa shape index (κ3) is 5.57. The summed E-state index contributed by atoms with van der Waals surface area (Å²) in [5, 5.41) is 5.64. The van der Waals surface area contributed by atoms with Gasteiger partial charge < -0.3 is 10.6 Å². The molecule has 2 aliphatic rings. The van der Waals surface area contributed by atoms with Crippen LogP contribution in [0.3, 0.4) is 0 Å². The Hall–Kier alpha value is -3.06. The first-order valence-electron chi connectivity index (χ1n) is 13.8. The van der Waals surface area contributed by atoms with Gasteiger partial charge in [-0.2, -0.15) is 5.10 Å². The largest absolute Gasteiger partial charge is 0.383 e. The average Bonchev–Trinajstić information content (AvgIpc) is 3.36. The number of likely N-dealkylation sites (N-methyl/N-ethyl adjacent to an activating group) is 1. The fourth-order valence-electron chi connectivity index (χ4n) is 6.06. The standard InChI is InChI=1S/C29H33BrFN7O2S/c1-36-14-16-37(17-15-36)20-7-9-21(10-8-20)38-25-12-13-33-29(32)27(25)28(34-38)19-6-11-24(23(31)18-19)35-41(39,40)26-5-3-2-4-22(26)30/h2-6,11-13,18,20-21,35H,7-10,14-17H2,1H3,(H2,32,33). The van der Waals surface area contributed by atoms with E-state index in [0.717, 1.165) is 57.4 Å². The molecule has 9 nitrogen and oxygen atoms in total. The lowest BCUT2D eigenvalue weighted by molar-refractivity contribution is 0.0816. The Morgan fingerprint density at radius 2 is 1.71 bits per heavy atom. The highest BCUT2D eigenvalue weighted by Gasteiger charge is 2.30. The molecule has 41 heavy (non-hydrogen) atoms. The Morgan fingerprint density at radius 3 is 2.41 bits per heavy atom. The molecule has 0 unspecified atom stereocenters. The molecule has 6 rings (SSSR count). The summed E-state index contributed by atoms with van der Waals surface area (Å²) in [7, 11) is -1.83. The first-order valence-corrected chi connectivity index (χ1v) is 16.1. The van der Waals surface area contributed by atoms with Crippen LogP contribution in [0.15, 0.2) is 64.1 Å². The van der Waals surface area contributed by atoms with E-state index >= 15 is 4.39 Å². The monoisotopic (exact) mass is 641 g/mol. The number of nitrogens with two attached hydrogens (primary N) is 1. The summed E-state index contributed by atoms with van der Waals surface area (Å²) in [6, 6.07) is 13.5. The predicted molar refractivity (Wildman–Crippen MR) is 163 cm³/mol. The first-order chi connectivity index (χ1) is 19.7. The second-order valence-corrected chi connectivity index (χ2v) is 13.4. The smallest absolute Gasteiger partial charge is 0.263 e. The van der Waals surface area contributed by atoms with Gasteiger partial charge in [0.2, 0.25) is 0 Å². The number of nitrogens with one attached hydrogen (secondary N) is 1. The SMILES string of the molecule is CN1CCN(C2CCC(n3nc(-c4ccc(NS(=O)(=O)c5ccccc5Br)c(F)c4)c4c(N)nccc43)CC2)CC1. The highest BCUT2D eigenvalue weighted by Crippen LogP contribution is 2.38. The maximum Gasteiger partial charge on any atom is 0.263 e. The van der Waals surface area contributed by atoms with Crippen LogP contribution in [-0.4, -0.2) is 72.3 Å². The summed E-state index contributed by atoms with van der Waals surface area (Å²) in [5.41, 5.74) is 8.09. The van der Waals surface area contributed by atoms with Gasteiger partial charge in [-0.25, -0.2) is 17.8 Å². The fourth-order valence-corrected chi connectivity index (χ4v) is 8.13. The van der Waals surface area contributed by atoms with Gasteiger partial charge >= 0.3 is 0 Å². The highest BCUT2D eigenvalue weighted by atomic mass is 79.9. The molecule has 1 aliphatic heterocycles. The van der Waals surface area contributed by atoms with Crippen molar-refractivity contribution in [2.75, 3.05) is 43.7 Å². The van der Waals surface area contributed by atoms with Crippen molar-refractivity contribution in [1.82, 2.24) is 24.6 Å². The molecule has 0 atom stereocenters. The van der Waals surface area contributed by atoms with E-state index < -0.39 is 15.8 Å². The van der Waals surface area contributed by atoms with Crippen molar-refractivity contribution in [3.05, 3.63) is 65.0 Å². The van der Waals surface area contributed by atoms with Crippen molar-refractivity contribution < 1.29 is 12.8 Å². The van der Waals surface area contributed by atoms with E-state index in [4.69, 9.17) is 10.8 Å². The van der Waals surface area contributed by atoms with Crippen molar-refractivity contribution in [2.24, 2.45) is 0 Å². The van der Waals surface area contributed by atoms with Gasteiger partial charge in [-0.3, -0.25) is 14.3 Å². The van der Waals surface area contributed by atoms with Crippen LogP contribution in [0.5, 0.6) is 0 Å². The van der Waals surface area contributed by atoms with Crippen LogP contribution in [0, 0.1) is 5.82 Å². The molecule has 12 heteroatoms. The van der Waals surface area contributed by atoms with Gasteiger partial charge in [0.1, 0.15) is 22.2 Å². The van der Waals surface area contributed by atoms with Gasteiger partial charge in [-0.05, 0) is 79.0 Å². The Labute approximate surface area is 247 Å². The van der Waals surface area contributed by atoms with E-state index in [1.807, 2.05) is 10.7 Å². The molecule has 1 aliphatic carbocycles. The van der Waals surface area contributed by atoms with E-state index in [-0.39, 0.29) is 16.6 Å². The lowest BCUT2D eigenvalue weighted by Gasteiger charge is -2.41. The third-order valence-electron chi connectivity index (χ3n) is 8.33. The molecule has 0 bridgehead atoms. The van der Waals surface area contributed by atoms with Gasteiger partial charge in [-0.1, -0.05) is 18.2 Å². The minimum Gasteiger partial charge on any atom is -0.383 e. The number of benzene rings is 2. The molecule has 0 spiro atoms. The predicted octanol–water partition coefficient (Wildman–Crippen LogP) is 5.11. The number of pyridine rings is 1. The van der Waals surface area contributed by atoms with Crippen molar-refractivity contribution in [3.8, 4) is 11.3 Å². The van der Waals surface area contributed by atoms with E-state index in [1.165, 1.54) is 18.2 Å². The number of halogens is 2. The second-order valence-electron chi connectivity index (χ2n) is 10.9. The summed E-state index contributed by atoms with van der Waals surface area (Å²) in [4.78, 5) is 9.31. The van der Waals surface area contributed by atoms with E-state index in [9.17, 15) is 8.42 Å². The zero-order valence-corrected chi connectivity index (χ0v) is 25.2. The number of anilines is 2. The van der Waals surface area contributed by atoms with Gasteiger partial charge in [0.25, 0.3) is 10.0 Å². The lowest BCUT2D eigenvalue weighted by atomic mass is 9.89. The van der Waals surface area contributed by atoms with Crippen LogP contribution >= 0.6 is 15.9 Å². The number of hydrogen-bond acceptors (Lipinski definition) is 7. The van der Waals surface area contributed by atoms with Crippen LogP contribution in [0.25, 0.3) is 22.2 Å². The Morgan fingerprint density at radius 1 is 1.00 bits per heavy atom. The number of nitrogen functional groups attached to an aromatic ring is 1. The highest BCUT2D eigenvalue weighted by molar-refractivity contribution is 9.10. The first kappa shape index (κ1) is 28.1. The van der Waals surface area contributed by atoms with E-state index in [1.54, 1.807) is 30.5 Å². The summed E-state index contributed by atoms with van der Waals surface area (Å²) in [6.07, 6.45) is 5.88. The maximum absolute atomic E-state index is 15.4. The van der Waals surface area contributed by atoms with Crippen LogP contribution in [0.1, 0.15) is 31.7 Å². The van der Waals surface area contributed by atoms with Crippen LogP contribution in [0.2, 0.25) is 0 Å². The molecule has 4 aromatic rings. The Balaban J connectivity index is 1.27. The van der Waals surface area contributed by atoms with Crippen molar-refractivity contribution in [1.29, 1.82) is 0 Å². The van der Waals surface area contributed by atoms with Crippen molar-refractivity contribution in [3.63, 3.8) is 0 Å². The number of rotatable bonds is 6. The third-order valence-corrected chi connectivity index (χ3v) is 10.7. The van der Waals surface area contributed by atoms with Gasteiger partial charge in [0, 0.05) is 48.5 Å². The van der Waals surface area contributed by atoms with Gasteiger partial charge in [0.05, 0.1) is 22.6 Å². The van der Waals surface area contributed by atoms with Gasteiger partial charge in [0.15, 0.2) is 0 Å². The number of fused-ring (bicyclic) bond motifs is 1. The number of hydrogen-bond donors (Lipinski definition) is 2. The lowest BCUT2D eigenvalue weighted by Crippen LogP contribution is -2.49. The molecule has 1 saturated carbocycles. The Bertz CT molecular complexity index is 1680. The summed E-state index contributed by atoms with van der Waals surface area (Å²) >= 11 is 3.25. The molecular weight excluding hydrogens is 609 g/mol. The van der Waals surface area contributed by atoms with Crippen LogP contribution in [-0.2, 0) is 10.0 Å². The minimum absolute atomic E-state index is 0.0226. The zero-order chi connectivity index (χ0) is 28.7. The molecular formula is C29H33BrFN7O2S. The molecule has 1 saturated heterocycles. The normalized spacial score (nSPS) is 20.9. The minimum atomic E-state index is -4.00. The number of piperazine rings is 1. The number of aromatic nitrogens is 3. The number of sulfonamides is 1. The van der Waals surface area contributed by atoms with E-state index in [0.29, 0.717) is 33.0 Å². The van der Waals surface area contributed by atoms with E-state index in [2.05, 4.69) is 42.5 Å². The molecule has 0 amide bonds. The quantitative estimate of drug-likeness (QED) is 0.301. The van der Waals surface area contributed by atoms with Crippen LogP contribution < -0.4 is 10.5 Å². The summed E-state index contributed by atoms with van der Waals surface area (Å²) in [5.74, 6) is -0.384. The zero-order valence-electron chi connectivity index (χ0n) is 22.8. The summed E-state index contributed by atoms with van der Waals surface area (Å²) in [6.45, 7) is 4.45.